The number of hydrogen-bond donors (Lipinski definition) is 0. The van der Waals surface area contributed by atoms with E-state index in [0.29, 0.717) is 11.7 Å². The molecule has 6 nitrogen and oxygen atoms in total. The van der Waals surface area contributed by atoms with Crippen molar-refractivity contribution in [3.63, 3.8) is 0 Å². The lowest BCUT2D eigenvalue weighted by Crippen LogP contribution is -2.22. The molecule has 0 aliphatic rings. The zero-order valence-electron chi connectivity index (χ0n) is 11.5. The van der Waals surface area contributed by atoms with Crippen LogP contribution in [0.5, 0.6) is 0 Å². The van der Waals surface area contributed by atoms with Gasteiger partial charge in [-0.3, -0.25) is 9.58 Å². The van der Waals surface area contributed by atoms with Gasteiger partial charge in [-0.15, -0.1) is 0 Å². The summed E-state index contributed by atoms with van der Waals surface area (Å²) >= 11 is 0. The number of aryl methyl sites for hydroxylation is 3. The van der Waals surface area contributed by atoms with Crippen LogP contribution in [0.15, 0.2) is 10.7 Å². The first-order chi connectivity index (χ1) is 8.47. The second-order valence-electron chi connectivity index (χ2n) is 4.68. The summed E-state index contributed by atoms with van der Waals surface area (Å²) < 4.78 is 7.03. The Kier molecular flexibility index (Phi) is 3.47. The Hall–Kier alpha value is -1.69. The van der Waals surface area contributed by atoms with E-state index in [9.17, 15) is 0 Å². The molecule has 2 heterocycles. The van der Waals surface area contributed by atoms with Crippen LogP contribution in [0, 0.1) is 13.8 Å². The van der Waals surface area contributed by atoms with Crippen LogP contribution < -0.4 is 0 Å². The quantitative estimate of drug-likeness (QED) is 0.824. The first-order valence-corrected chi connectivity index (χ1v) is 5.97. The van der Waals surface area contributed by atoms with Crippen molar-refractivity contribution in [2.24, 2.45) is 7.05 Å². The van der Waals surface area contributed by atoms with Gasteiger partial charge >= 0.3 is 0 Å². The third-order valence-electron chi connectivity index (χ3n) is 3.10. The van der Waals surface area contributed by atoms with Crippen molar-refractivity contribution in [1.29, 1.82) is 0 Å². The topological polar surface area (TPSA) is 60.0 Å². The molecule has 0 aliphatic heterocycles. The molecule has 0 radical (unpaired) electrons. The maximum absolute atomic E-state index is 5.20. The van der Waals surface area contributed by atoms with Crippen molar-refractivity contribution >= 4 is 0 Å². The van der Waals surface area contributed by atoms with Gasteiger partial charge in [-0.1, -0.05) is 5.16 Å². The molecule has 2 aromatic rings. The van der Waals surface area contributed by atoms with Gasteiger partial charge in [-0.25, -0.2) is 0 Å². The lowest BCUT2D eigenvalue weighted by Gasteiger charge is -2.21. The Bertz CT molecular complexity index is 530. The van der Waals surface area contributed by atoms with Crippen molar-refractivity contribution in [3.05, 3.63) is 29.2 Å². The van der Waals surface area contributed by atoms with Crippen LogP contribution in [-0.4, -0.2) is 31.9 Å². The van der Waals surface area contributed by atoms with E-state index in [1.54, 1.807) is 0 Å². The van der Waals surface area contributed by atoms with Crippen molar-refractivity contribution < 1.29 is 4.52 Å². The van der Waals surface area contributed by atoms with E-state index in [1.807, 2.05) is 38.8 Å². The van der Waals surface area contributed by atoms with Gasteiger partial charge in [0.05, 0.1) is 11.7 Å². The van der Waals surface area contributed by atoms with Gasteiger partial charge in [0, 0.05) is 25.4 Å². The van der Waals surface area contributed by atoms with Gasteiger partial charge in [0.15, 0.2) is 5.82 Å². The molecule has 0 aliphatic carbocycles. The maximum atomic E-state index is 5.20. The largest absolute Gasteiger partial charge is 0.338 e. The van der Waals surface area contributed by atoms with Gasteiger partial charge in [-0.05, 0) is 27.8 Å². The first-order valence-electron chi connectivity index (χ1n) is 5.97. The van der Waals surface area contributed by atoms with Gasteiger partial charge in [-0.2, -0.15) is 10.1 Å². The highest BCUT2D eigenvalue weighted by Gasteiger charge is 2.19. The van der Waals surface area contributed by atoms with E-state index >= 15 is 0 Å². The Morgan fingerprint density at radius 2 is 2.17 bits per heavy atom. The average Bonchev–Trinajstić information content (AvgIpc) is 2.85. The highest BCUT2D eigenvalue weighted by molar-refractivity contribution is 5.15. The Morgan fingerprint density at radius 3 is 2.67 bits per heavy atom. The molecule has 98 valence electrons. The van der Waals surface area contributed by atoms with Crippen molar-refractivity contribution in [2.75, 3.05) is 7.05 Å². The van der Waals surface area contributed by atoms with Crippen molar-refractivity contribution in [3.8, 4) is 0 Å². The summed E-state index contributed by atoms with van der Waals surface area (Å²) in [7, 11) is 3.97. The van der Waals surface area contributed by atoms with E-state index in [-0.39, 0.29) is 6.04 Å². The minimum atomic E-state index is 0.0887. The second kappa shape index (κ2) is 4.89. The van der Waals surface area contributed by atoms with Crippen LogP contribution in [0.25, 0.3) is 0 Å². The number of nitrogens with zero attached hydrogens (tertiary/aromatic N) is 5. The summed E-state index contributed by atoms with van der Waals surface area (Å²) in [5.41, 5.74) is 2.27. The van der Waals surface area contributed by atoms with Gasteiger partial charge < -0.3 is 4.52 Å². The first kappa shape index (κ1) is 12.8. The molecule has 18 heavy (non-hydrogen) atoms. The Morgan fingerprint density at radius 1 is 1.44 bits per heavy atom. The molecule has 1 atom stereocenters. The zero-order valence-corrected chi connectivity index (χ0v) is 11.5. The average molecular weight is 249 g/mol. The summed E-state index contributed by atoms with van der Waals surface area (Å²) in [6.07, 6.45) is 2.04. The van der Waals surface area contributed by atoms with Crippen molar-refractivity contribution in [1.82, 2.24) is 24.8 Å². The molecule has 6 heteroatoms. The van der Waals surface area contributed by atoms with Crippen molar-refractivity contribution in [2.45, 2.75) is 33.4 Å². The lowest BCUT2D eigenvalue weighted by atomic mass is 10.2. The molecular weight excluding hydrogens is 230 g/mol. The molecular formula is C12H19N5O. The molecule has 0 spiro atoms. The summed E-state index contributed by atoms with van der Waals surface area (Å²) in [6.45, 7) is 6.70. The molecule has 0 amide bonds. The lowest BCUT2D eigenvalue weighted by molar-refractivity contribution is 0.202. The van der Waals surface area contributed by atoms with Gasteiger partial charge in [0.1, 0.15) is 0 Å². The highest BCUT2D eigenvalue weighted by atomic mass is 16.5. The fourth-order valence-electron chi connectivity index (χ4n) is 1.88. The Balaban J connectivity index is 2.08. The van der Waals surface area contributed by atoms with E-state index in [0.717, 1.165) is 12.2 Å². The highest BCUT2D eigenvalue weighted by Crippen LogP contribution is 2.19. The minimum Gasteiger partial charge on any atom is -0.338 e. The molecule has 2 aromatic heterocycles. The zero-order chi connectivity index (χ0) is 13.3. The van der Waals surface area contributed by atoms with Gasteiger partial charge in [0.2, 0.25) is 5.89 Å². The van der Waals surface area contributed by atoms with Crippen LogP contribution in [0.4, 0.5) is 0 Å². The Labute approximate surface area is 107 Å². The van der Waals surface area contributed by atoms with Gasteiger partial charge in [0.25, 0.3) is 0 Å². The molecule has 0 N–H and O–H groups in total. The van der Waals surface area contributed by atoms with Crippen LogP contribution in [0.3, 0.4) is 0 Å². The van der Waals surface area contributed by atoms with Crippen LogP contribution >= 0.6 is 0 Å². The smallest absolute Gasteiger partial charge is 0.243 e. The maximum Gasteiger partial charge on any atom is 0.243 e. The normalized spacial score (nSPS) is 13.2. The summed E-state index contributed by atoms with van der Waals surface area (Å²) in [4.78, 5) is 6.42. The van der Waals surface area contributed by atoms with E-state index in [4.69, 9.17) is 4.52 Å². The standard InChI is InChI=1S/C12H19N5O/c1-8-11(7-17(5)14-8)6-16(4)9(2)12-13-10(3)15-18-12/h7,9H,6H2,1-5H3. The summed E-state index contributed by atoms with van der Waals surface area (Å²) in [5.74, 6) is 1.32. The molecule has 0 saturated carbocycles. The molecule has 0 bridgehead atoms. The van der Waals surface area contributed by atoms with Crippen LogP contribution in [0.1, 0.15) is 35.9 Å². The fourth-order valence-corrected chi connectivity index (χ4v) is 1.88. The second-order valence-corrected chi connectivity index (χ2v) is 4.68. The minimum absolute atomic E-state index is 0.0887. The third kappa shape index (κ3) is 2.59. The third-order valence-corrected chi connectivity index (χ3v) is 3.10. The molecule has 2 rings (SSSR count). The number of aromatic nitrogens is 4. The van der Waals surface area contributed by atoms with E-state index in [1.165, 1.54) is 5.56 Å². The molecule has 1 unspecified atom stereocenters. The number of hydrogen-bond acceptors (Lipinski definition) is 5. The van der Waals surface area contributed by atoms with Crippen LogP contribution in [-0.2, 0) is 13.6 Å². The predicted octanol–water partition coefficient (Wildman–Crippen LogP) is 1.61. The molecule has 0 fully saturated rings. The predicted molar refractivity (Wildman–Crippen MR) is 66.9 cm³/mol. The van der Waals surface area contributed by atoms with E-state index in [2.05, 4.69) is 27.1 Å². The molecule has 0 saturated heterocycles. The number of rotatable bonds is 4. The van der Waals surface area contributed by atoms with E-state index < -0.39 is 0 Å². The SMILES string of the molecule is Cc1noc(C(C)N(C)Cc2cn(C)nc2C)n1. The summed E-state index contributed by atoms with van der Waals surface area (Å²) in [6, 6.07) is 0.0887. The van der Waals surface area contributed by atoms with Crippen LogP contribution in [0.2, 0.25) is 0 Å². The summed E-state index contributed by atoms with van der Waals surface area (Å²) in [5, 5.41) is 8.16. The molecule has 0 aromatic carbocycles. The fraction of sp³-hybridized carbons (Fsp3) is 0.583. The monoisotopic (exact) mass is 249 g/mol.